The van der Waals surface area contributed by atoms with Crippen LogP contribution in [0.25, 0.3) is 22.3 Å². The molecule has 10 nitrogen and oxygen atoms in total. The molecular formula is C24H21F7N8O2. The lowest BCUT2D eigenvalue weighted by molar-refractivity contribution is -0.138. The number of benzene rings is 1. The molecule has 3 N–H and O–H groups in total. The predicted octanol–water partition coefficient (Wildman–Crippen LogP) is 4.44. The third-order valence-corrected chi connectivity index (χ3v) is 6.06. The topological polar surface area (TPSA) is 130 Å². The monoisotopic (exact) mass is 586 g/mol. The first-order chi connectivity index (χ1) is 19.2. The molecular weight excluding hydrogens is 565 g/mol. The molecule has 0 saturated heterocycles. The second-order valence-electron chi connectivity index (χ2n) is 8.97. The Morgan fingerprint density at radius 3 is 2.44 bits per heavy atom. The van der Waals surface area contributed by atoms with Gasteiger partial charge in [-0.05, 0) is 31.9 Å². The summed E-state index contributed by atoms with van der Waals surface area (Å²) < 4.78 is 95.3. The standard InChI is InChI=1S/C24H21F7N8O2/c1-11(36-17-9-35-38-21(40)18(17)24(29,30)31)4-3-5-39-10-34-16-7-12(15(25)6-13(16)22(39)41)19-33-8-14(23(26,27)28)20(32-2)37-19/h6-11H,3-5H2,1-2H3,(H,32,33,37)(H2,36,38,40)/t11-/m0/s1. The van der Waals surface area contributed by atoms with Gasteiger partial charge in [0.1, 0.15) is 22.8 Å². The largest absolute Gasteiger partial charge is 0.423 e. The third-order valence-electron chi connectivity index (χ3n) is 6.06. The van der Waals surface area contributed by atoms with Gasteiger partial charge >= 0.3 is 12.4 Å². The van der Waals surface area contributed by atoms with Gasteiger partial charge in [0.05, 0.1) is 34.7 Å². The molecule has 3 aromatic heterocycles. The van der Waals surface area contributed by atoms with E-state index in [4.69, 9.17) is 0 Å². The van der Waals surface area contributed by atoms with E-state index in [1.807, 2.05) is 0 Å². The highest BCUT2D eigenvalue weighted by Crippen LogP contribution is 2.35. The Kier molecular flexibility index (Phi) is 7.98. The molecule has 1 atom stereocenters. The van der Waals surface area contributed by atoms with Crippen LogP contribution in [-0.2, 0) is 18.9 Å². The number of aryl methyl sites for hydroxylation is 1. The fraction of sp³-hybridized carbons (Fsp3) is 0.333. The molecule has 41 heavy (non-hydrogen) atoms. The molecule has 0 saturated carbocycles. The highest BCUT2D eigenvalue weighted by Gasteiger charge is 2.37. The van der Waals surface area contributed by atoms with Gasteiger partial charge in [-0.15, -0.1) is 0 Å². The van der Waals surface area contributed by atoms with Crippen molar-refractivity contribution in [2.75, 3.05) is 17.7 Å². The quantitative estimate of drug-likeness (QED) is 0.259. The number of aromatic nitrogens is 6. The van der Waals surface area contributed by atoms with Crippen LogP contribution >= 0.6 is 0 Å². The van der Waals surface area contributed by atoms with E-state index in [1.54, 1.807) is 12.0 Å². The Balaban J connectivity index is 1.51. The zero-order chi connectivity index (χ0) is 30.1. The fourth-order valence-electron chi connectivity index (χ4n) is 4.11. The summed E-state index contributed by atoms with van der Waals surface area (Å²) in [4.78, 5) is 36.1. The van der Waals surface area contributed by atoms with Crippen LogP contribution in [0.2, 0.25) is 0 Å². The summed E-state index contributed by atoms with van der Waals surface area (Å²) in [6.07, 6.45) is -6.48. The number of aromatic amines is 1. The van der Waals surface area contributed by atoms with Gasteiger partial charge in [-0.25, -0.2) is 24.4 Å². The Bertz CT molecular complexity index is 1700. The van der Waals surface area contributed by atoms with Crippen molar-refractivity contribution in [3.8, 4) is 11.4 Å². The van der Waals surface area contributed by atoms with E-state index in [-0.39, 0.29) is 35.3 Å². The summed E-state index contributed by atoms with van der Waals surface area (Å²) in [6, 6.07) is 1.49. The zero-order valence-corrected chi connectivity index (χ0v) is 21.3. The molecule has 0 amide bonds. The first kappa shape index (κ1) is 29.4. The summed E-state index contributed by atoms with van der Waals surface area (Å²) in [5.41, 5.74) is -5.23. The molecule has 0 aliphatic carbocycles. The van der Waals surface area contributed by atoms with Gasteiger partial charge in [0.2, 0.25) is 0 Å². The lowest BCUT2D eigenvalue weighted by Crippen LogP contribution is -2.27. The molecule has 3 heterocycles. The maximum atomic E-state index is 15.0. The van der Waals surface area contributed by atoms with E-state index >= 15 is 0 Å². The average molecular weight is 586 g/mol. The van der Waals surface area contributed by atoms with Crippen LogP contribution < -0.4 is 21.8 Å². The smallest absolute Gasteiger partial charge is 0.381 e. The van der Waals surface area contributed by atoms with Gasteiger partial charge in [0.15, 0.2) is 5.82 Å². The first-order valence-electron chi connectivity index (χ1n) is 11.9. The number of rotatable bonds is 8. The minimum absolute atomic E-state index is 0.0497. The number of hydrogen-bond donors (Lipinski definition) is 3. The van der Waals surface area contributed by atoms with Crippen LogP contribution in [0.5, 0.6) is 0 Å². The molecule has 17 heteroatoms. The average Bonchev–Trinajstić information content (AvgIpc) is 2.88. The zero-order valence-electron chi connectivity index (χ0n) is 21.3. The minimum Gasteiger partial charge on any atom is -0.381 e. The number of H-pyrrole nitrogens is 1. The second-order valence-corrected chi connectivity index (χ2v) is 8.97. The van der Waals surface area contributed by atoms with Crippen molar-refractivity contribution in [1.82, 2.24) is 29.7 Å². The molecule has 0 aliphatic rings. The number of fused-ring (bicyclic) bond motifs is 1. The van der Waals surface area contributed by atoms with Crippen molar-refractivity contribution >= 4 is 22.4 Å². The SMILES string of the molecule is CNc1nc(-c2cc3ncn(CCC[C@H](C)Nc4cn[nH]c(=O)c4C(F)(F)F)c(=O)c3cc2F)ncc1C(F)(F)F. The molecule has 218 valence electrons. The molecule has 0 spiro atoms. The molecule has 0 radical (unpaired) electrons. The Morgan fingerprint density at radius 1 is 1.05 bits per heavy atom. The van der Waals surface area contributed by atoms with Gasteiger partial charge in [-0.1, -0.05) is 0 Å². The van der Waals surface area contributed by atoms with Crippen molar-refractivity contribution in [1.29, 1.82) is 0 Å². The number of halogens is 7. The molecule has 0 bridgehead atoms. The van der Waals surface area contributed by atoms with Gasteiger partial charge in [0, 0.05) is 25.8 Å². The molecule has 0 aliphatic heterocycles. The molecule has 0 fully saturated rings. The van der Waals surface area contributed by atoms with Gasteiger partial charge < -0.3 is 10.6 Å². The number of alkyl halides is 6. The van der Waals surface area contributed by atoms with Crippen LogP contribution in [0.15, 0.2) is 40.4 Å². The van der Waals surface area contributed by atoms with E-state index in [9.17, 15) is 40.3 Å². The highest BCUT2D eigenvalue weighted by molar-refractivity contribution is 5.82. The number of anilines is 2. The normalized spacial score (nSPS) is 12.9. The number of nitrogens with zero attached hydrogens (tertiary/aromatic N) is 5. The van der Waals surface area contributed by atoms with Gasteiger partial charge in [-0.2, -0.15) is 31.4 Å². The fourth-order valence-corrected chi connectivity index (χ4v) is 4.11. The van der Waals surface area contributed by atoms with E-state index < -0.39 is 58.0 Å². The van der Waals surface area contributed by atoms with Crippen LogP contribution in [-0.4, -0.2) is 42.8 Å². The lowest BCUT2D eigenvalue weighted by Gasteiger charge is -2.18. The van der Waals surface area contributed by atoms with Crippen LogP contribution in [0.3, 0.4) is 0 Å². The van der Waals surface area contributed by atoms with Gasteiger partial charge in [0.25, 0.3) is 11.1 Å². The summed E-state index contributed by atoms with van der Waals surface area (Å²) in [5.74, 6) is -1.86. The summed E-state index contributed by atoms with van der Waals surface area (Å²) in [7, 11) is 1.22. The van der Waals surface area contributed by atoms with Crippen molar-refractivity contribution < 1.29 is 30.7 Å². The van der Waals surface area contributed by atoms with E-state index in [1.165, 1.54) is 17.9 Å². The Hall–Kier alpha value is -4.57. The van der Waals surface area contributed by atoms with Crippen LogP contribution in [0, 0.1) is 5.82 Å². The van der Waals surface area contributed by atoms with E-state index in [0.717, 1.165) is 18.3 Å². The van der Waals surface area contributed by atoms with E-state index in [2.05, 4.69) is 30.7 Å². The van der Waals surface area contributed by atoms with Crippen LogP contribution in [0.4, 0.5) is 42.2 Å². The number of nitrogens with one attached hydrogen (secondary N) is 3. The summed E-state index contributed by atoms with van der Waals surface area (Å²) >= 11 is 0. The number of hydrogen-bond acceptors (Lipinski definition) is 8. The molecule has 4 rings (SSSR count). The summed E-state index contributed by atoms with van der Waals surface area (Å²) in [5, 5.41) is 9.94. The Morgan fingerprint density at radius 2 is 1.78 bits per heavy atom. The highest BCUT2D eigenvalue weighted by atomic mass is 19.4. The Labute approximate surface area is 225 Å². The van der Waals surface area contributed by atoms with Gasteiger partial charge in [-0.3, -0.25) is 14.2 Å². The summed E-state index contributed by atoms with van der Waals surface area (Å²) in [6.45, 7) is 1.67. The van der Waals surface area contributed by atoms with E-state index in [0.29, 0.717) is 12.6 Å². The van der Waals surface area contributed by atoms with Crippen molar-refractivity contribution in [2.24, 2.45) is 0 Å². The maximum Gasteiger partial charge on any atom is 0.423 e. The third kappa shape index (κ3) is 6.28. The molecule has 1 aromatic carbocycles. The van der Waals surface area contributed by atoms with Crippen molar-refractivity contribution in [3.63, 3.8) is 0 Å². The van der Waals surface area contributed by atoms with Crippen molar-refractivity contribution in [3.05, 3.63) is 68.5 Å². The lowest BCUT2D eigenvalue weighted by atomic mass is 10.1. The van der Waals surface area contributed by atoms with Crippen LogP contribution in [0.1, 0.15) is 30.9 Å². The first-order valence-corrected chi connectivity index (χ1v) is 11.9. The molecule has 4 aromatic rings. The predicted molar refractivity (Wildman–Crippen MR) is 134 cm³/mol. The maximum absolute atomic E-state index is 15.0. The second kappa shape index (κ2) is 11.1. The van der Waals surface area contributed by atoms with Crippen molar-refractivity contribution in [2.45, 2.75) is 44.7 Å². The molecule has 0 unspecified atom stereocenters. The minimum atomic E-state index is -4.90.